The number of carbonyl (C=O) groups excluding carboxylic acids is 2. The van der Waals surface area contributed by atoms with Crippen LogP contribution in [-0.2, 0) is 6.42 Å². The predicted octanol–water partition coefficient (Wildman–Crippen LogP) is 5.17. The fraction of sp³-hybridized carbons (Fsp3) is 0.333. The van der Waals surface area contributed by atoms with Gasteiger partial charge in [0.1, 0.15) is 5.75 Å². The molecule has 0 radical (unpaired) electrons. The first-order valence-corrected chi connectivity index (χ1v) is 9.29. The van der Waals surface area contributed by atoms with Crippen LogP contribution in [0, 0.1) is 0 Å². The third-order valence-electron chi connectivity index (χ3n) is 4.18. The molecule has 4 nitrogen and oxygen atoms in total. The number of aryl methyl sites for hydroxylation is 1. The number of benzene rings is 2. The molecule has 0 atom stereocenters. The zero-order valence-corrected chi connectivity index (χ0v) is 15.7. The fourth-order valence-corrected chi connectivity index (χ4v) is 2.93. The number of unbranched alkanes of at least 4 members (excludes halogenated alkanes) is 4. The summed E-state index contributed by atoms with van der Waals surface area (Å²) < 4.78 is 5.31. The van der Waals surface area contributed by atoms with Gasteiger partial charge in [0, 0.05) is 6.07 Å². The van der Waals surface area contributed by atoms with Gasteiger partial charge in [-0.3, -0.25) is 4.79 Å². The summed E-state index contributed by atoms with van der Waals surface area (Å²) in [6, 6.07) is 11.8. The standard InChI is InChI=1S/C21H24ClNO3/c1-2-3-4-5-6-7-15-8-10-16(11-9-15)21(25)26-17-12-13-18(20(23)24)19(22)14-17/h8-14H,2-7H2,1H3,(H2,23,24). The van der Waals surface area contributed by atoms with E-state index in [1.54, 1.807) is 12.1 Å². The second-order valence-corrected chi connectivity index (χ2v) is 6.66. The molecule has 2 N–H and O–H groups in total. The van der Waals surface area contributed by atoms with Crippen molar-refractivity contribution < 1.29 is 14.3 Å². The lowest BCUT2D eigenvalue weighted by Gasteiger charge is -2.07. The Hall–Kier alpha value is -2.33. The number of hydrogen-bond acceptors (Lipinski definition) is 3. The molecule has 0 saturated carbocycles. The molecule has 0 heterocycles. The number of hydrogen-bond donors (Lipinski definition) is 1. The number of rotatable bonds is 9. The van der Waals surface area contributed by atoms with Gasteiger partial charge >= 0.3 is 5.97 Å². The van der Waals surface area contributed by atoms with Crippen LogP contribution in [0.2, 0.25) is 5.02 Å². The summed E-state index contributed by atoms with van der Waals surface area (Å²) in [5, 5.41) is 0.154. The minimum Gasteiger partial charge on any atom is -0.423 e. The van der Waals surface area contributed by atoms with Gasteiger partial charge in [-0.2, -0.15) is 0 Å². The van der Waals surface area contributed by atoms with Crippen LogP contribution >= 0.6 is 11.6 Å². The van der Waals surface area contributed by atoms with E-state index in [0.29, 0.717) is 5.56 Å². The molecule has 1 amide bonds. The molecule has 0 unspecified atom stereocenters. The van der Waals surface area contributed by atoms with E-state index in [-0.39, 0.29) is 16.3 Å². The monoisotopic (exact) mass is 373 g/mol. The van der Waals surface area contributed by atoms with E-state index in [1.165, 1.54) is 49.4 Å². The minimum absolute atomic E-state index is 0.154. The van der Waals surface area contributed by atoms with Crippen molar-refractivity contribution in [2.24, 2.45) is 5.73 Å². The van der Waals surface area contributed by atoms with Crippen molar-refractivity contribution in [1.29, 1.82) is 0 Å². The van der Waals surface area contributed by atoms with Crippen LogP contribution in [0.4, 0.5) is 0 Å². The number of nitrogens with two attached hydrogens (primary N) is 1. The molecule has 0 aliphatic heterocycles. The Bertz CT molecular complexity index is 756. The molecule has 0 bridgehead atoms. The molecular weight excluding hydrogens is 350 g/mol. The van der Waals surface area contributed by atoms with Gasteiger partial charge in [0.05, 0.1) is 16.1 Å². The van der Waals surface area contributed by atoms with E-state index in [1.807, 2.05) is 12.1 Å². The van der Waals surface area contributed by atoms with E-state index in [4.69, 9.17) is 22.1 Å². The molecule has 0 aliphatic carbocycles. The number of primary amides is 1. The summed E-state index contributed by atoms with van der Waals surface area (Å²) in [7, 11) is 0. The maximum Gasteiger partial charge on any atom is 0.343 e. The maximum absolute atomic E-state index is 12.2. The number of amides is 1. The lowest BCUT2D eigenvalue weighted by molar-refractivity contribution is 0.0734. The molecule has 2 aromatic rings. The van der Waals surface area contributed by atoms with Crippen molar-refractivity contribution >= 4 is 23.5 Å². The molecule has 0 saturated heterocycles. The summed E-state index contributed by atoms with van der Waals surface area (Å²) in [4.78, 5) is 23.4. The van der Waals surface area contributed by atoms with Gasteiger partial charge in [0.2, 0.25) is 5.91 Å². The van der Waals surface area contributed by atoms with Crippen molar-refractivity contribution in [2.45, 2.75) is 45.4 Å². The number of carbonyl (C=O) groups is 2. The van der Waals surface area contributed by atoms with E-state index < -0.39 is 11.9 Å². The SMILES string of the molecule is CCCCCCCc1ccc(C(=O)Oc2ccc(C(N)=O)c(Cl)c2)cc1. The normalized spacial score (nSPS) is 10.5. The van der Waals surface area contributed by atoms with Crippen molar-refractivity contribution in [3.8, 4) is 5.75 Å². The molecule has 0 spiro atoms. The van der Waals surface area contributed by atoms with Gasteiger partial charge in [-0.15, -0.1) is 0 Å². The molecule has 0 aliphatic rings. The molecule has 2 rings (SSSR count). The van der Waals surface area contributed by atoms with E-state index >= 15 is 0 Å². The molecule has 0 aromatic heterocycles. The largest absolute Gasteiger partial charge is 0.423 e. The Labute approximate surface area is 159 Å². The third kappa shape index (κ3) is 5.88. The summed E-state index contributed by atoms with van der Waals surface area (Å²) in [5.41, 5.74) is 7.07. The molecule has 26 heavy (non-hydrogen) atoms. The maximum atomic E-state index is 12.2. The van der Waals surface area contributed by atoms with Crippen LogP contribution in [0.5, 0.6) is 5.75 Å². The zero-order chi connectivity index (χ0) is 18.9. The highest BCUT2D eigenvalue weighted by Gasteiger charge is 2.12. The van der Waals surface area contributed by atoms with Gasteiger partial charge in [0.15, 0.2) is 0 Å². The molecule has 5 heteroatoms. The van der Waals surface area contributed by atoms with Crippen LogP contribution < -0.4 is 10.5 Å². The highest BCUT2D eigenvalue weighted by Crippen LogP contribution is 2.23. The van der Waals surface area contributed by atoms with Crippen molar-refractivity contribution in [2.75, 3.05) is 0 Å². The van der Waals surface area contributed by atoms with Crippen LogP contribution in [0.1, 0.15) is 65.3 Å². The van der Waals surface area contributed by atoms with Crippen LogP contribution in [-0.4, -0.2) is 11.9 Å². The van der Waals surface area contributed by atoms with E-state index in [9.17, 15) is 9.59 Å². The number of ether oxygens (including phenoxy) is 1. The topological polar surface area (TPSA) is 69.4 Å². The Balaban J connectivity index is 1.91. The lowest BCUT2D eigenvalue weighted by Crippen LogP contribution is -2.12. The lowest BCUT2D eigenvalue weighted by atomic mass is 10.0. The zero-order valence-electron chi connectivity index (χ0n) is 15.0. The predicted molar refractivity (Wildman–Crippen MR) is 104 cm³/mol. The van der Waals surface area contributed by atoms with Gasteiger partial charge < -0.3 is 10.5 Å². The first-order valence-electron chi connectivity index (χ1n) is 8.91. The summed E-state index contributed by atoms with van der Waals surface area (Å²) in [6.45, 7) is 2.21. The highest BCUT2D eigenvalue weighted by atomic mass is 35.5. The summed E-state index contributed by atoms with van der Waals surface area (Å²) >= 11 is 5.96. The first-order chi connectivity index (χ1) is 12.5. The first kappa shape index (κ1) is 20.0. The number of halogens is 1. The Morgan fingerprint density at radius 1 is 1.00 bits per heavy atom. The third-order valence-corrected chi connectivity index (χ3v) is 4.49. The van der Waals surface area contributed by atoms with Crippen molar-refractivity contribution in [3.63, 3.8) is 0 Å². The smallest absolute Gasteiger partial charge is 0.343 e. The van der Waals surface area contributed by atoms with Crippen molar-refractivity contribution in [3.05, 3.63) is 64.2 Å². The van der Waals surface area contributed by atoms with Crippen LogP contribution in [0.15, 0.2) is 42.5 Å². The van der Waals surface area contributed by atoms with Gasteiger partial charge in [-0.1, -0.05) is 56.3 Å². The van der Waals surface area contributed by atoms with Gasteiger partial charge in [-0.05, 0) is 42.7 Å². The quantitative estimate of drug-likeness (QED) is 0.374. The van der Waals surface area contributed by atoms with Crippen molar-refractivity contribution in [1.82, 2.24) is 0 Å². The Morgan fingerprint density at radius 3 is 2.31 bits per heavy atom. The molecule has 2 aromatic carbocycles. The van der Waals surface area contributed by atoms with E-state index in [2.05, 4.69) is 6.92 Å². The van der Waals surface area contributed by atoms with E-state index in [0.717, 1.165) is 12.8 Å². The molecule has 0 fully saturated rings. The highest BCUT2D eigenvalue weighted by molar-refractivity contribution is 6.33. The Morgan fingerprint density at radius 2 is 1.69 bits per heavy atom. The number of esters is 1. The summed E-state index contributed by atoms with van der Waals surface area (Å²) in [5.74, 6) is -0.828. The average molecular weight is 374 g/mol. The van der Waals surface area contributed by atoms with Gasteiger partial charge in [0.25, 0.3) is 0 Å². The second kappa shape index (κ2) is 9.97. The molecular formula is C21H24ClNO3. The van der Waals surface area contributed by atoms with Gasteiger partial charge in [-0.25, -0.2) is 4.79 Å². The minimum atomic E-state index is -0.627. The fourth-order valence-electron chi connectivity index (χ4n) is 2.67. The second-order valence-electron chi connectivity index (χ2n) is 6.26. The van der Waals surface area contributed by atoms with Crippen LogP contribution in [0.25, 0.3) is 0 Å². The molecule has 138 valence electrons. The summed E-state index contributed by atoms with van der Waals surface area (Å²) in [6.07, 6.45) is 7.22. The Kier molecular flexibility index (Phi) is 7.67. The average Bonchev–Trinajstić information content (AvgIpc) is 2.62. The van der Waals surface area contributed by atoms with Crippen LogP contribution in [0.3, 0.4) is 0 Å².